The van der Waals surface area contributed by atoms with Crippen molar-refractivity contribution in [2.24, 2.45) is 0 Å². The van der Waals surface area contributed by atoms with E-state index in [0.717, 1.165) is 78.8 Å². The molecule has 2 unspecified atom stereocenters. The number of nitrogens with zero attached hydrogens (tertiary/aromatic N) is 10. The van der Waals surface area contributed by atoms with Crippen LogP contribution in [0, 0.1) is 27.7 Å². The van der Waals surface area contributed by atoms with Gasteiger partial charge >= 0.3 is 12.1 Å². The zero-order valence-electron chi connectivity index (χ0n) is 39.9. The summed E-state index contributed by atoms with van der Waals surface area (Å²) in [4.78, 5) is 30.9. The molecule has 0 fully saturated rings. The van der Waals surface area contributed by atoms with Crippen molar-refractivity contribution in [2.45, 2.75) is 66.0 Å². The number of aryl methyl sites for hydroxylation is 4. The molecule has 4 aromatic heterocycles. The predicted octanol–water partition coefficient (Wildman–Crippen LogP) is 8.44. The highest BCUT2D eigenvalue weighted by Gasteiger charge is 2.36. The highest BCUT2D eigenvalue weighted by molar-refractivity contribution is 5.95. The summed E-state index contributed by atoms with van der Waals surface area (Å²) in [7, 11) is 0. The smallest absolute Gasteiger partial charge is 0.323 e. The second-order valence-corrected chi connectivity index (χ2v) is 17.5. The largest absolute Gasteiger partial charge is 0.377 e. The van der Waals surface area contributed by atoms with Crippen LogP contribution in [0.2, 0.25) is 0 Å². The maximum Gasteiger partial charge on any atom is 0.323 e. The van der Waals surface area contributed by atoms with Gasteiger partial charge in [-0.25, -0.2) is 19.0 Å². The van der Waals surface area contributed by atoms with Gasteiger partial charge in [0.25, 0.3) is 0 Å². The fraction of sp³-hybridized carbons (Fsp3) is 0.308. The molecular formula is C52H54N12O7. The predicted molar refractivity (Wildman–Crippen MR) is 261 cm³/mol. The lowest BCUT2D eigenvalue weighted by atomic mass is 9.90. The Balaban J connectivity index is 0.655. The summed E-state index contributed by atoms with van der Waals surface area (Å²) >= 11 is 0. The molecule has 2 aliphatic heterocycles. The Labute approximate surface area is 409 Å². The van der Waals surface area contributed by atoms with Gasteiger partial charge in [-0.3, -0.25) is 0 Å². The molecule has 6 heterocycles. The second kappa shape index (κ2) is 20.9. The lowest BCUT2D eigenvalue weighted by Gasteiger charge is -2.37. The highest BCUT2D eigenvalue weighted by atomic mass is 16.5. The van der Waals surface area contributed by atoms with E-state index in [1.165, 1.54) is 0 Å². The van der Waals surface area contributed by atoms with Crippen molar-refractivity contribution in [2.75, 3.05) is 50.3 Å². The topological polar surface area (TPSA) is 206 Å². The Bertz CT molecular complexity index is 2880. The molecule has 0 radical (unpaired) electrons. The third kappa shape index (κ3) is 10.2. The zero-order chi connectivity index (χ0) is 48.8. The first-order chi connectivity index (χ1) is 34.7. The van der Waals surface area contributed by atoms with Crippen LogP contribution in [0.3, 0.4) is 0 Å². The van der Waals surface area contributed by atoms with Crippen molar-refractivity contribution in [3.05, 3.63) is 166 Å². The Morgan fingerprint density at radius 2 is 0.944 bits per heavy atom. The van der Waals surface area contributed by atoms with Crippen LogP contribution in [0.5, 0.6) is 0 Å². The molecule has 2 N–H and O–H groups in total. The minimum absolute atomic E-state index is 0.222. The van der Waals surface area contributed by atoms with E-state index in [2.05, 4.69) is 53.7 Å². The average Bonchev–Trinajstić information content (AvgIpc) is 4.19. The third-order valence-corrected chi connectivity index (χ3v) is 12.7. The number of urea groups is 2. The number of ether oxygens (including phenoxy) is 3. The molecule has 8 aromatic rings. The van der Waals surface area contributed by atoms with Crippen LogP contribution in [0.15, 0.2) is 119 Å². The molecule has 0 spiro atoms. The first-order valence-electron chi connectivity index (χ1n) is 23.6. The van der Waals surface area contributed by atoms with Gasteiger partial charge in [0.05, 0.1) is 102 Å². The van der Waals surface area contributed by atoms with Crippen LogP contribution < -0.4 is 10.6 Å². The maximum absolute atomic E-state index is 13.7. The number of hydrogen-bond donors (Lipinski definition) is 2. The van der Waals surface area contributed by atoms with Crippen LogP contribution in [0.4, 0.5) is 21.0 Å². The first kappa shape index (κ1) is 46.7. The summed E-state index contributed by atoms with van der Waals surface area (Å²) in [5, 5.41) is 31.9. The van der Waals surface area contributed by atoms with Gasteiger partial charge in [0, 0.05) is 33.6 Å². The summed E-state index contributed by atoms with van der Waals surface area (Å²) < 4.78 is 31.7. The number of rotatable bonds is 20. The highest BCUT2D eigenvalue weighted by Crippen LogP contribution is 2.43. The van der Waals surface area contributed by atoms with Gasteiger partial charge in [-0.15, -0.1) is 10.2 Å². The summed E-state index contributed by atoms with van der Waals surface area (Å²) in [6.45, 7) is 11.5. The molecule has 0 bridgehead atoms. The van der Waals surface area contributed by atoms with Gasteiger partial charge in [-0.1, -0.05) is 93.5 Å². The van der Waals surface area contributed by atoms with E-state index in [1.54, 1.807) is 19.2 Å². The molecular weight excluding hydrogens is 905 g/mol. The molecule has 0 saturated carbocycles. The Kier molecular flexibility index (Phi) is 13.8. The number of nitrogens with one attached hydrogen (secondary N) is 2. The van der Waals surface area contributed by atoms with E-state index in [1.807, 2.05) is 125 Å². The summed E-state index contributed by atoms with van der Waals surface area (Å²) in [6.07, 6.45) is 3.68. The Morgan fingerprint density at radius 1 is 0.535 bits per heavy atom. The van der Waals surface area contributed by atoms with Crippen molar-refractivity contribution in [1.29, 1.82) is 0 Å². The first-order valence-corrected chi connectivity index (χ1v) is 23.6. The number of aromatic nitrogens is 8. The van der Waals surface area contributed by atoms with Crippen LogP contribution in [0.1, 0.15) is 68.6 Å². The van der Waals surface area contributed by atoms with Crippen LogP contribution in [0.25, 0.3) is 22.3 Å². The normalized spacial score (nSPS) is 15.4. The minimum Gasteiger partial charge on any atom is -0.377 e. The van der Waals surface area contributed by atoms with Crippen molar-refractivity contribution in [1.82, 2.24) is 50.1 Å². The van der Waals surface area contributed by atoms with Crippen molar-refractivity contribution < 1.29 is 32.8 Å². The molecule has 2 aliphatic rings. The van der Waals surface area contributed by atoms with Crippen LogP contribution in [-0.2, 0) is 40.4 Å². The van der Waals surface area contributed by atoms with E-state index in [9.17, 15) is 9.59 Å². The van der Waals surface area contributed by atoms with E-state index in [0.29, 0.717) is 64.1 Å². The van der Waals surface area contributed by atoms with Gasteiger partial charge in [-0.2, -0.15) is 0 Å². The molecule has 4 aromatic carbocycles. The number of carbonyl (C=O) groups excluding carboxylic acids is 2. The van der Waals surface area contributed by atoms with E-state index < -0.39 is 0 Å². The Hall–Kier alpha value is -8.00. The number of hydrogen-bond acceptors (Lipinski definition) is 13. The number of fused-ring (bicyclic) bond motifs is 2. The summed E-state index contributed by atoms with van der Waals surface area (Å²) in [5.74, 6) is 1.47. The lowest BCUT2D eigenvalue weighted by Crippen LogP contribution is -2.42. The molecule has 2 atom stereocenters. The van der Waals surface area contributed by atoms with Crippen molar-refractivity contribution >= 4 is 23.4 Å². The van der Waals surface area contributed by atoms with Crippen molar-refractivity contribution in [3.8, 4) is 22.3 Å². The quantitative estimate of drug-likeness (QED) is 0.0689. The number of amides is 4. The Morgan fingerprint density at radius 3 is 1.34 bits per heavy atom. The lowest BCUT2D eigenvalue weighted by molar-refractivity contribution is 0.0110. The number of anilines is 2. The molecule has 0 saturated heterocycles. The van der Waals surface area contributed by atoms with E-state index >= 15 is 0 Å². The van der Waals surface area contributed by atoms with E-state index in [4.69, 9.17) is 23.3 Å². The number of benzene rings is 4. The zero-order valence-corrected chi connectivity index (χ0v) is 39.9. The SMILES string of the molecule is Cc1noc(C)c1-c1ccc2c(c1)C(c1ccccc1)N(Cc1cn(CCOCCOCCOCCn3cc(CN4C(=O)Nc5ccc(-c6c(C)noc6C)cc5C4c4ccccc4)nn3)nn1)C(=O)N2. The summed E-state index contributed by atoms with van der Waals surface area (Å²) in [6, 6.07) is 30.8. The van der Waals surface area contributed by atoms with Crippen LogP contribution >= 0.6 is 0 Å². The van der Waals surface area contributed by atoms with Gasteiger partial charge < -0.3 is 43.7 Å². The second-order valence-electron chi connectivity index (χ2n) is 17.5. The molecule has 4 amide bonds. The minimum atomic E-state index is -0.366. The molecule has 71 heavy (non-hydrogen) atoms. The standard InChI is InChI=1S/C52H54N12O7/c1-33-47(35(3)70-57-33)39-15-17-45-43(27-39)49(37-11-7-5-8-12-37)63(51(65)53-45)31-41-29-61(59-55-41)19-21-67-23-25-69-26-24-68-22-20-62-30-42(56-60-62)32-64-50(38-13-9-6-10-14-38)44-28-40(16-18-46(44)54-52(64)66)48-34(2)58-71-36(48)4/h5-18,27-30,49-50H,19-26,31-32H2,1-4H3,(H,53,65)(H,54,66). The fourth-order valence-electron chi connectivity index (χ4n) is 9.41. The third-order valence-electron chi connectivity index (χ3n) is 12.7. The van der Waals surface area contributed by atoms with Gasteiger partial charge in [0.15, 0.2) is 0 Å². The van der Waals surface area contributed by atoms with E-state index in [-0.39, 0.29) is 37.2 Å². The van der Waals surface area contributed by atoms with Crippen LogP contribution in [-0.4, -0.2) is 102 Å². The maximum atomic E-state index is 13.7. The summed E-state index contributed by atoms with van der Waals surface area (Å²) in [5.41, 5.74) is 12.1. The van der Waals surface area contributed by atoms with Crippen molar-refractivity contribution in [3.63, 3.8) is 0 Å². The fourth-order valence-corrected chi connectivity index (χ4v) is 9.41. The molecule has 364 valence electrons. The monoisotopic (exact) mass is 958 g/mol. The van der Waals surface area contributed by atoms with Gasteiger partial charge in [0.2, 0.25) is 0 Å². The van der Waals surface area contributed by atoms with Gasteiger partial charge in [-0.05, 0) is 74.2 Å². The number of carbonyl (C=O) groups is 2. The molecule has 0 aliphatic carbocycles. The molecule has 10 rings (SSSR count). The molecule has 19 heteroatoms. The molecule has 19 nitrogen and oxygen atoms in total. The van der Waals surface area contributed by atoms with Gasteiger partial charge in [0.1, 0.15) is 22.9 Å². The average molecular weight is 959 g/mol.